The van der Waals surface area contributed by atoms with Gasteiger partial charge in [-0.25, -0.2) is 14.2 Å². The molecule has 0 radical (unpaired) electrons. The third-order valence-electron chi connectivity index (χ3n) is 5.59. The van der Waals surface area contributed by atoms with Gasteiger partial charge in [-0.1, -0.05) is 25.4 Å². The van der Waals surface area contributed by atoms with Gasteiger partial charge in [-0.05, 0) is 51.8 Å². The molecule has 4 rings (SSSR count). The number of carbonyl (C=O) groups excluding carboxylic acids is 1. The zero-order valence-electron chi connectivity index (χ0n) is 16.8. The summed E-state index contributed by atoms with van der Waals surface area (Å²) in [5.41, 5.74) is 2.50. The molecule has 1 aromatic heterocycles. The highest BCUT2D eigenvalue weighted by molar-refractivity contribution is 9.10. The summed E-state index contributed by atoms with van der Waals surface area (Å²) in [5, 5.41) is 0.457. The second-order valence-corrected chi connectivity index (χ2v) is 9.41. The van der Waals surface area contributed by atoms with Crippen molar-refractivity contribution in [2.24, 2.45) is 5.41 Å². The Morgan fingerprint density at radius 2 is 2.17 bits per heavy atom. The molecule has 1 aliphatic heterocycles. The first kappa shape index (κ1) is 21.3. The average Bonchev–Trinajstić information content (AvgIpc) is 3.22. The van der Waals surface area contributed by atoms with Crippen molar-refractivity contribution in [1.82, 2.24) is 9.55 Å². The minimum Gasteiger partial charge on any atom is -0.465 e. The standard InChI is InChI=1S/C22H21BrClFN2O3/c1-22(2)11-30-10-19(22)27-18-7-12(21(28)29-3)4-5-17(18)26-20(27)8-13-6-16(25)14(23)9-15(13)24/h4-7,9,19H,8,10-11H2,1-3H3. The van der Waals surface area contributed by atoms with E-state index in [0.717, 1.165) is 16.9 Å². The molecule has 0 bridgehead atoms. The van der Waals surface area contributed by atoms with Gasteiger partial charge in [0, 0.05) is 16.9 Å². The molecule has 2 heterocycles. The number of hydrogen-bond acceptors (Lipinski definition) is 4. The molecule has 1 aliphatic rings. The number of hydrogen-bond donors (Lipinski definition) is 0. The smallest absolute Gasteiger partial charge is 0.337 e. The Balaban J connectivity index is 1.89. The van der Waals surface area contributed by atoms with Gasteiger partial charge in [0.25, 0.3) is 0 Å². The van der Waals surface area contributed by atoms with Crippen molar-refractivity contribution in [3.63, 3.8) is 0 Å². The number of carbonyl (C=O) groups is 1. The van der Waals surface area contributed by atoms with Crippen LogP contribution in [0.2, 0.25) is 5.02 Å². The Labute approximate surface area is 187 Å². The van der Waals surface area contributed by atoms with Crippen molar-refractivity contribution < 1.29 is 18.7 Å². The van der Waals surface area contributed by atoms with Crippen LogP contribution >= 0.6 is 27.5 Å². The largest absolute Gasteiger partial charge is 0.465 e. The number of rotatable bonds is 4. The van der Waals surface area contributed by atoms with E-state index in [1.165, 1.54) is 13.2 Å². The molecule has 0 saturated carbocycles. The topological polar surface area (TPSA) is 53.3 Å². The molecule has 0 spiro atoms. The molecule has 0 amide bonds. The SMILES string of the molecule is COC(=O)c1ccc2nc(Cc3cc(F)c(Br)cc3Cl)n(C3COCC3(C)C)c2c1. The van der Waals surface area contributed by atoms with Crippen LogP contribution in [0.5, 0.6) is 0 Å². The summed E-state index contributed by atoms with van der Waals surface area (Å²) < 4.78 is 27.2. The first-order valence-corrected chi connectivity index (χ1v) is 10.7. The van der Waals surface area contributed by atoms with Crippen LogP contribution in [0, 0.1) is 11.2 Å². The maximum absolute atomic E-state index is 14.2. The van der Waals surface area contributed by atoms with Crippen LogP contribution in [-0.2, 0) is 15.9 Å². The highest BCUT2D eigenvalue weighted by atomic mass is 79.9. The highest BCUT2D eigenvalue weighted by Crippen LogP contribution is 2.40. The van der Waals surface area contributed by atoms with Crippen molar-refractivity contribution in [2.75, 3.05) is 20.3 Å². The van der Waals surface area contributed by atoms with Crippen LogP contribution in [0.25, 0.3) is 11.0 Å². The molecule has 1 saturated heterocycles. The first-order valence-electron chi connectivity index (χ1n) is 9.51. The van der Waals surface area contributed by atoms with E-state index >= 15 is 0 Å². The van der Waals surface area contributed by atoms with Crippen LogP contribution in [-0.4, -0.2) is 35.8 Å². The third-order valence-corrected chi connectivity index (χ3v) is 6.54. The number of halogens is 3. The van der Waals surface area contributed by atoms with Crippen LogP contribution in [0.4, 0.5) is 4.39 Å². The Morgan fingerprint density at radius 3 is 2.83 bits per heavy atom. The van der Waals surface area contributed by atoms with Gasteiger partial charge < -0.3 is 14.0 Å². The van der Waals surface area contributed by atoms with Gasteiger partial charge in [-0.3, -0.25) is 0 Å². The zero-order chi connectivity index (χ0) is 21.6. The minimum absolute atomic E-state index is 0.00414. The van der Waals surface area contributed by atoms with Crippen LogP contribution in [0.15, 0.2) is 34.8 Å². The molecule has 3 aromatic rings. The number of nitrogens with zero attached hydrogens (tertiary/aromatic N) is 2. The summed E-state index contributed by atoms with van der Waals surface area (Å²) in [7, 11) is 1.35. The summed E-state index contributed by atoms with van der Waals surface area (Å²) in [5.74, 6) is -0.0556. The number of aromatic nitrogens is 2. The predicted octanol–water partition coefficient (Wildman–Crippen LogP) is 5.57. The quantitative estimate of drug-likeness (QED) is 0.351. The van der Waals surface area contributed by atoms with E-state index in [2.05, 4.69) is 34.3 Å². The Morgan fingerprint density at radius 1 is 1.40 bits per heavy atom. The lowest BCUT2D eigenvalue weighted by Crippen LogP contribution is -2.27. The fraction of sp³-hybridized carbons (Fsp3) is 0.364. The van der Waals surface area contributed by atoms with E-state index in [9.17, 15) is 9.18 Å². The normalized spacial score (nSPS) is 18.1. The number of benzene rings is 2. The number of methoxy groups -OCH3 is 1. The fourth-order valence-electron chi connectivity index (χ4n) is 3.91. The molecule has 1 fully saturated rings. The molecule has 5 nitrogen and oxygen atoms in total. The molecule has 0 N–H and O–H groups in total. The van der Waals surface area contributed by atoms with E-state index in [-0.39, 0.29) is 17.3 Å². The summed E-state index contributed by atoms with van der Waals surface area (Å²) >= 11 is 9.55. The van der Waals surface area contributed by atoms with Crippen LogP contribution in [0.3, 0.4) is 0 Å². The van der Waals surface area contributed by atoms with Gasteiger partial charge in [0.2, 0.25) is 0 Å². The first-order chi connectivity index (χ1) is 14.2. The van der Waals surface area contributed by atoms with E-state index in [0.29, 0.717) is 40.3 Å². The summed E-state index contributed by atoms with van der Waals surface area (Å²) in [6.45, 7) is 5.41. The van der Waals surface area contributed by atoms with Gasteiger partial charge >= 0.3 is 5.97 Å². The van der Waals surface area contributed by atoms with Gasteiger partial charge in [0.1, 0.15) is 11.6 Å². The summed E-state index contributed by atoms with van der Waals surface area (Å²) in [4.78, 5) is 16.9. The number of esters is 1. The minimum atomic E-state index is -0.411. The van der Waals surface area contributed by atoms with E-state index in [4.69, 9.17) is 26.1 Å². The molecule has 1 atom stereocenters. The zero-order valence-corrected chi connectivity index (χ0v) is 19.2. The van der Waals surface area contributed by atoms with Crippen molar-refractivity contribution in [2.45, 2.75) is 26.3 Å². The maximum atomic E-state index is 14.2. The fourth-order valence-corrected chi connectivity index (χ4v) is 4.61. The Kier molecular flexibility index (Phi) is 5.64. The molecule has 8 heteroatoms. The summed E-state index contributed by atoms with van der Waals surface area (Å²) in [6, 6.07) is 8.26. The lowest BCUT2D eigenvalue weighted by atomic mass is 9.87. The molecule has 158 valence electrons. The Bertz CT molecular complexity index is 1150. The number of imidazole rings is 1. The van der Waals surface area contributed by atoms with Crippen molar-refractivity contribution in [3.05, 3.63) is 62.6 Å². The monoisotopic (exact) mass is 494 g/mol. The second-order valence-electron chi connectivity index (χ2n) is 8.15. The lowest BCUT2D eigenvalue weighted by Gasteiger charge is -2.28. The predicted molar refractivity (Wildman–Crippen MR) is 117 cm³/mol. The third kappa shape index (κ3) is 3.74. The molecule has 2 aromatic carbocycles. The molecule has 1 unspecified atom stereocenters. The van der Waals surface area contributed by atoms with Gasteiger partial charge in [-0.15, -0.1) is 0 Å². The van der Waals surface area contributed by atoms with Crippen LogP contribution in [0.1, 0.15) is 41.6 Å². The van der Waals surface area contributed by atoms with E-state index < -0.39 is 5.97 Å². The van der Waals surface area contributed by atoms with Crippen molar-refractivity contribution in [3.8, 4) is 0 Å². The Hall–Kier alpha value is -1.96. The molecular weight excluding hydrogens is 475 g/mol. The molecular formula is C22H21BrClFN2O3. The summed E-state index contributed by atoms with van der Waals surface area (Å²) in [6.07, 6.45) is 0.345. The second kappa shape index (κ2) is 7.94. The van der Waals surface area contributed by atoms with Crippen LogP contribution < -0.4 is 0 Å². The number of ether oxygens (including phenoxy) is 2. The van der Waals surface area contributed by atoms with Gasteiger partial charge in [0.15, 0.2) is 0 Å². The van der Waals surface area contributed by atoms with Crippen molar-refractivity contribution in [1.29, 1.82) is 0 Å². The van der Waals surface area contributed by atoms with Crippen molar-refractivity contribution >= 4 is 44.5 Å². The van der Waals surface area contributed by atoms with E-state index in [1.807, 2.05) is 0 Å². The maximum Gasteiger partial charge on any atom is 0.337 e. The number of fused-ring (bicyclic) bond motifs is 1. The molecule has 30 heavy (non-hydrogen) atoms. The van der Waals surface area contributed by atoms with Gasteiger partial charge in [0.05, 0.1) is 47.4 Å². The lowest BCUT2D eigenvalue weighted by molar-refractivity contribution is 0.0601. The highest BCUT2D eigenvalue weighted by Gasteiger charge is 2.39. The van der Waals surface area contributed by atoms with Gasteiger partial charge in [-0.2, -0.15) is 0 Å². The average molecular weight is 496 g/mol. The molecule has 0 aliphatic carbocycles. The van der Waals surface area contributed by atoms with E-state index in [1.54, 1.807) is 24.3 Å².